The van der Waals surface area contributed by atoms with Crippen molar-refractivity contribution in [1.82, 2.24) is 0 Å². The van der Waals surface area contributed by atoms with Crippen molar-refractivity contribution in [3.05, 3.63) is 28.8 Å². The highest BCUT2D eigenvalue weighted by Crippen LogP contribution is 2.30. The molecule has 4 heteroatoms. The Bertz CT molecular complexity index is 397. The SMILES string of the molecule is OCc1ccc(Cl)cc1N1CCCCCC1CO. The number of hydrogen-bond donors (Lipinski definition) is 2. The van der Waals surface area contributed by atoms with Crippen molar-refractivity contribution >= 4 is 17.3 Å². The molecule has 1 saturated heterocycles. The minimum Gasteiger partial charge on any atom is -0.394 e. The minimum absolute atomic E-state index is 0.00114. The smallest absolute Gasteiger partial charge is 0.0702 e. The molecule has 1 heterocycles. The molecular weight excluding hydrogens is 250 g/mol. The van der Waals surface area contributed by atoms with Crippen molar-refractivity contribution in [2.75, 3.05) is 18.1 Å². The van der Waals surface area contributed by atoms with Crippen LogP contribution in [-0.2, 0) is 6.61 Å². The zero-order valence-corrected chi connectivity index (χ0v) is 11.2. The maximum absolute atomic E-state index is 9.54. The Morgan fingerprint density at radius 1 is 1.22 bits per heavy atom. The van der Waals surface area contributed by atoms with Crippen molar-refractivity contribution in [3.8, 4) is 0 Å². The summed E-state index contributed by atoms with van der Waals surface area (Å²) in [4.78, 5) is 2.20. The van der Waals surface area contributed by atoms with Crippen LogP contribution in [0.25, 0.3) is 0 Å². The van der Waals surface area contributed by atoms with E-state index in [2.05, 4.69) is 4.90 Å². The molecule has 1 aromatic rings. The van der Waals surface area contributed by atoms with Gasteiger partial charge in [-0.2, -0.15) is 0 Å². The van der Waals surface area contributed by atoms with Crippen LogP contribution in [0.2, 0.25) is 5.02 Å². The first-order valence-corrected chi connectivity index (χ1v) is 6.91. The molecule has 100 valence electrons. The summed E-state index contributed by atoms with van der Waals surface area (Å²) >= 11 is 6.05. The van der Waals surface area contributed by atoms with Crippen LogP contribution in [0.5, 0.6) is 0 Å². The fourth-order valence-electron chi connectivity index (χ4n) is 2.62. The lowest BCUT2D eigenvalue weighted by Gasteiger charge is -2.32. The highest BCUT2D eigenvalue weighted by atomic mass is 35.5. The Labute approximate surface area is 113 Å². The van der Waals surface area contributed by atoms with Crippen molar-refractivity contribution < 1.29 is 10.2 Å². The fraction of sp³-hybridized carbons (Fsp3) is 0.571. The first kappa shape index (κ1) is 13.7. The van der Waals surface area contributed by atoms with Gasteiger partial charge in [0.1, 0.15) is 0 Å². The van der Waals surface area contributed by atoms with Gasteiger partial charge in [0, 0.05) is 22.8 Å². The van der Waals surface area contributed by atoms with E-state index in [1.54, 1.807) is 6.07 Å². The summed E-state index contributed by atoms with van der Waals surface area (Å²) in [5.74, 6) is 0. The van der Waals surface area contributed by atoms with Crippen molar-refractivity contribution in [2.45, 2.75) is 38.3 Å². The van der Waals surface area contributed by atoms with E-state index in [1.165, 1.54) is 6.42 Å². The predicted octanol–water partition coefficient (Wildman–Crippen LogP) is 2.57. The van der Waals surface area contributed by atoms with E-state index in [1.807, 2.05) is 12.1 Å². The highest BCUT2D eigenvalue weighted by molar-refractivity contribution is 6.30. The average Bonchev–Trinajstić information content (AvgIpc) is 2.63. The van der Waals surface area contributed by atoms with Gasteiger partial charge in [0.2, 0.25) is 0 Å². The molecule has 3 nitrogen and oxygen atoms in total. The third kappa shape index (κ3) is 2.97. The molecule has 0 aromatic heterocycles. The van der Waals surface area contributed by atoms with E-state index in [0.29, 0.717) is 5.02 Å². The lowest BCUT2D eigenvalue weighted by Crippen LogP contribution is -2.38. The molecule has 0 radical (unpaired) electrons. The van der Waals surface area contributed by atoms with Gasteiger partial charge < -0.3 is 15.1 Å². The van der Waals surface area contributed by atoms with Crippen LogP contribution in [-0.4, -0.2) is 29.4 Å². The molecule has 2 rings (SSSR count). The Morgan fingerprint density at radius 2 is 2.06 bits per heavy atom. The molecule has 1 aliphatic heterocycles. The number of halogens is 1. The zero-order chi connectivity index (χ0) is 13.0. The van der Waals surface area contributed by atoms with Gasteiger partial charge in [0.15, 0.2) is 0 Å². The molecule has 1 unspecified atom stereocenters. The Hall–Kier alpha value is -0.770. The summed E-state index contributed by atoms with van der Waals surface area (Å²) in [7, 11) is 0. The minimum atomic E-state index is 0.00114. The lowest BCUT2D eigenvalue weighted by atomic mass is 10.1. The summed E-state index contributed by atoms with van der Waals surface area (Å²) in [5.41, 5.74) is 1.84. The number of aliphatic hydroxyl groups is 2. The van der Waals surface area contributed by atoms with E-state index in [4.69, 9.17) is 11.6 Å². The van der Waals surface area contributed by atoms with Crippen LogP contribution in [0.1, 0.15) is 31.2 Å². The quantitative estimate of drug-likeness (QED) is 0.886. The van der Waals surface area contributed by atoms with Crippen LogP contribution in [0.15, 0.2) is 18.2 Å². The van der Waals surface area contributed by atoms with E-state index >= 15 is 0 Å². The third-order valence-corrected chi connectivity index (χ3v) is 3.85. The standard InChI is InChI=1S/C14H20ClNO2/c15-12-6-5-11(9-17)14(8-12)16-7-3-1-2-4-13(16)10-18/h5-6,8,13,17-18H,1-4,7,9-10H2. The van der Waals surface area contributed by atoms with Gasteiger partial charge in [-0.3, -0.25) is 0 Å². The average molecular weight is 270 g/mol. The van der Waals surface area contributed by atoms with Crippen LogP contribution >= 0.6 is 11.6 Å². The maximum Gasteiger partial charge on any atom is 0.0702 e. The Kier molecular flexibility index (Phi) is 4.87. The molecule has 1 aromatic carbocycles. The molecule has 18 heavy (non-hydrogen) atoms. The summed E-state index contributed by atoms with van der Waals surface area (Å²) in [6.45, 7) is 1.07. The van der Waals surface area contributed by atoms with Crippen molar-refractivity contribution in [1.29, 1.82) is 0 Å². The van der Waals surface area contributed by atoms with E-state index in [-0.39, 0.29) is 19.3 Å². The van der Waals surface area contributed by atoms with Gasteiger partial charge in [0.25, 0.3) is 0 Å². The van der Waals surface area contributed by atoms with Gasteiger partial charge in [0.05, 0.1) is 19.3 Å². The van der Waals surface area contributed by atoms with E-state index in [0.717, 1.165) is 37.1 Å². The maximum atomic E-state index is 9.54. The molecule has 2 N–H and O–H groups in total. The number of hydrogen-bond acceptors (Lipinski definition) is 3. The van der Waals surface area contributed by atoms with Gasteiger partial charge in [-0.25, -0.2) is 0 Å². The molecule has 0 aliphatic carbocycles. The second-order valence-electron chi connectivity index (χ2n) is 4.81. The zero-order valence-electron chi connectivity index (χ0n) is 10.5. The second kappa shape index (κ2) is 6.41. The summed E-state index contributed by atoms with van der Waals surface area (Å²) in [6.07, 6.45) is 4.46. The van der Waals surface area contributed by atoms with Gasteiger partial charge in [-0.05, 0) is 25.0 Å². The van der Waals surface area contributed by atoms with Crippen LogP contribution in [0, 0.1) is 0 Å². The first-order valence-electron chi connectivity index (χ1n) is 6.53. The second-order valence-corrected chi connectivity index (χ2v) is 5.25. The fourth-order valence-corrected chi connectivity index (χ4v) is 2.79. The van der Waals surface area contributed by atoms with Gasteiger partial charge >= 0.3 is 0 Å². The predicted molar refractivity (Wildman–Crippen MR) is 74.1 cm³/mol. The number of aliphatic hydroxyl groups excluding tert-OH is 2. The molecule has 0 amide bonds. The number of nitrogens with zero attached hydrogens (tertiary/aromatic N) is 1. The monoisotopic (exact) mass is 269 g/mol. The molecule has 1 aliphatic rings. The largest absolute Gasteiger partial charge is 0.394 e. The lowest BCUT2D eigenvalue weighted by molar-refractivity contribution is 0.253. The summed E-state index contributed by atoms with van der Waals surface area (Å²) in [6, 6.07) is 5.68. The topological polar surface area (TPSA) is 43.7 Å². The van der Waals surface area contributed by atoms with E-state index < -0.39 is 0 Å². The molecular formula is C14H20ClNO2. The first-order chi connectivity index (χ1) is 8.76. The highest BCUT2D eigenvalue weighted by Gasteiger charge is 2.22. The number of rotatable bonds is 3. The van der Waals surface area contributed by atoms with Gasteiger partial charge in [-0.1, -0.05) is 30.5 Å². The third-order valence-electron chi connectivity index (χ3n) is 3.62. The summed E-state index contributed by atoms with van der Waals surface area (Å²) in [5, 5.41) is 19.7. The van der Waals surface area contributed by atoms with Crippen LogP contribution < -0.4 is 4.90 Å². The normalized spacial score (nSPS) is 20.8. The van der Waals surface area contributed by atoms with Gasteiger partial charge in [-0.15, -0.1) is 0 Å². The summed E-state index contributed by atoms with van der Waals surface area (Å²) < 4.78 is 0. The molecule has 0 saturated carbocycles. The molecule has 0 bridgehead atoms. The Morgan fingerprint density at radius 3 is 2.78 bits per heavy atom. The van der Waals surface area contributed by atoms with Crippen molar-refractivity contribution in [2.24, 2.45) is 0 Å². The number of benzene rings is 1. The molecule has 0 spiro atoms. The molecule has 1 atom stereocenters. The van der Waals surface area contributed by atoms with Crippen molar-refractivity contribution in [3.63, 3.8) is 0 Å². The molecule has 1 fully saturated rings. The van der Waals surface area contributed by atoms with Crippen LogP contribution in [0.3, 0.4) is 0 Å². The van der Waals surface area contributed by atoms with Crippen LogP contribution in [0.4, 0.5) is 5.69 Å². The Balaban J connectivity index is 2.34. The number of anilines is 1. The van der Waals surface area contributed by atoms with E-state index in [9.17, 15) is 10.2 Å².